The molecule has 0 aliphatic heterocycles. The third kappa shape index (κ3) is 2.76. The van der Waals surface area contributed by atoms with Gasteiger partial charge in [-0.05, 0) is 31.0 Å². The molecule has 0 spiro atoms. The molecule has 0 atom stereocenters. The van der Waals surface area contributed by atoms with Crippen molar-refractivity contribution in [1.29, 1.82) is 0 Å². The molecule has 1 saturated carbocycles. The van der Waals surface area contributed by atoms with Crippen LogP contribution in [0.15, 0.2) is 42.7 Å². The van der Waals surface area contributed by atoms with Crippen LogP contribution in [0.4, 0.5) is 0 Å². The van der Waals surface area contributed by atoms with Crippen LogP contribution < -0.4 is 4.74 Å². The van der Waals surface area contributed by atoms with Crippen molar-refractivity contribution in [3.05, 3.63) is 58.9 Å². The molecule has 1 aromatic carbocycles. The van der Waals surface area contributed by atoms with Gasteiger partial charge in [-0.2, -0.15) is 0 Å². The molecule has 3 rings (SSSR count). The second-order valence-corrected chi connectivity index (χ2v) is 4.94. The lowest BCUT2D eigenvalue weighted by Gasteiger charge is -2.07. The fourth-order valence-corrected chi connectivity index (χ4v) is 2.01. The topological polar surface area (TPSA) is 39.2 Å². The number of carbonyl (C=O) groups excluding carboxylic acids is 1. The zero-order valence-electron chi connectivity index (χ0n) is 10.2. The third-order valence-electron chi connectivity index (χ3n) is 2.94. The van der Waals surface area contributed by atoms with Gasteiger partial charge in [-0.25, -0.2) is 0 Å². The van der Waals surface area contributed by atoms with Crippen molar-refractivity contribution in [2.75, 3.05) is 0 Å². The summed E-state index contributed by atoms with van der Waals surface area (Å²) in [5.41, 5.74) is 1.03. The highest BCUT2D eigenvalue weighted by Crippen LogP contribution is 2.28. The number of nitrogens with zero attached hydrogens (tertiary/aromatic N) is 1. The number of rotatable bonds is 4. The van der Waals surface area contributed by atoms with E-state index >= 15 is 0 Å². The highest BCUT2D eigenvalue weighted by molar-refractivity contribution is 6.34. The molecule has 1 aromatic heterocycles. The molecule has 96 valence electrons. The van der Waals surface area contributed by atoms with E-state index in [1.165, 1.54) is 6.20 Å². The zero-order chi connectivity index (χ0) is 13.2. The maximum absolute atomic E-state index is 12.4. The van der Waals surface area contributed by atoms with E-state index in [0.717, 1.165) is 18.6 Å². The fraction of sp³-hybridized carbons (Fsp3) is 0.200. The Morgan fingerprint density at radius 2 is 2.16 bits per heavy atom. The van der Waals surface area contributed by atoms with Gasteiger partial charge in [0.15, 0.2) is 5.78 Å². The van der Waals surface area contributed by atoms with E-state index in [9.17, 15) is 4.79 Å². The predicted molar refractivity (Wildman–Crippen MR) is 72.8 cm³/mol. The summed E-state index contributed by atoms with van der Waals surface area (Å²) in [6.07, 6.45) is 5.53. The molecule has 3 nitrogen and oxygen atoms in total. The van der Waals surface area contributed by atoms with Crippen molar-refractivity contribution in [1.82, 2.24) is 4.98 Å². The van der Waals surface area contributed by atoms with E-state index in [1.54, 1.807) is 24.4 Å². The first-order valence-corrected chi connectivity index (χ1v) is 6.53. The average Bonchev–Trinajstić information content (AvgIpc) is 3.23. The number of halogens is 1. The minimum absolute atomic E-state index is 0.117. The molecular weight excluding hydrogens is 262 g/mol. The van der Waals surface area contributed by atoms with E-state index in [1.807, 2.05) is 12.1 Å². The fourth-order valence-electron chi connectivity index (χ4n) is 1.80. The largest absolute Gasteiger partial charge is 0.490 e. The van der Waals surface area contributed by atoms with Crippen LogP contribution in [0.25, 0.3) is 0 Å². The Hall–Kier alpha value is -1.87. The summed E-state index contributed by atoms with van der Waals surface area (Å²) in [6, 6.07) is 8.83. The lowest BCUT2D eigenvalue weighted by Crippen LogP contribution is -2.03. The SMILES string of the molecule is O=C(c1cccc(OC2CC2)c1)c1ccncc1Cl. The minimum atomic E-state index is -0.117. The highest BCUT2D eigenvalue weighted by Gasteiger charge is 2.23. The molecule has 2 aromatic rings. The zero-order valence-corrected chi connectivity index (χ0v) is 10.9. The van der Waals surface area contributed by atoms with Crippen molar-refractivity contribution >= 4 is 17.4 Å². The first-order chi connectivity index (χ1) is 9.24. The molecule has 0 N–H and O–H groups in total. The lowest BCUT2D eigenvalue weighted by atomic mass is 10.0. The Labute approximate surface area is 116 Å². The Kier molecular flexibility index (Phi) is 3.22. The summed E-state index contributed by atoms with van der Waals surface area (Å²) in [5.74, 6) is 0.618. The van der Waals surface area contributed by atoms with Crippen LogP contribution in [0.3, 0.4) is 0 Å². The highest BCUT2D eigenvalue weighted by atomic mass is 35.5. The first-order valence-electron chi connectivity index (χ1n) is 6.15. The molecule has 4 heteroatoms. The normalized spacial score (nSPS) is 14.2. The van der Waals surface area contributed by atoms with Crippen LogP contribution in [0, 0.1) is 0 Å². The predicted octanol–water partition coefficient (Wildman–Crippen LogP) is 3.51. The van der Waals surface area contributed by atoms with Gasteiger partial charge in [0.05, 0.1) is 11.1 Å². The van der Waals surface area contributed by atoms with Crippen LogP contribution in [0.5, 0.6) is 5.75 Å². The molecule has 1 heterocycles. The Morgan fingerprint density at radius 3 is 2.89 bits per heavy atom. The lowest BCUT2D eigenvalue weighted by molar-refractivity contribution is 0.103. The van der Waals surface area contributed by atoms with Crippen molar-refractivity contribution in [2.24, 2.45) is 0 Å². The van der Waals surface area contributed by atoms with E-state index < -0.39 is 0 Å². The summed E-state index contributed by atoms with van der Waals surface area (Å²) in [5, 5.41) is 0.362. The number of hydrogen-bond acceptors (Lipinski definition) is 3. The van der Waals surface area contributed by atoms with Crippen molar-refractivity contribution in [2.45, 2.75) is 18.9 Å². The molecule has 19 heavy (non-hydrogen) atoms. The Bertz CT molecular complexity index is 623. The minimum Gasteiger partial charge on any atom is -0.490 e. The van der Waals surface area contributed by atoms with Gasteiger partial charge >= 0.3 is 0 Å². The van der Waals surface area contributed by atoms with Gasteiger partial charge in [-0.3, -0.25) is 9.78 Å². The van der Waals surface area contributed by atoms with Crippen molar-refractivity contribution in [3.63, 3.8) is 0 Å². The van der Waals surface area contributed by atoms with E-state index in [4.69, 9.17) is 16.3 Å². The molecule has 0 radical (unpaired) electrons. The van der Waals surface area contributed by atoms with Gasteiger partial charge in [0.2, 0.25) is 0 Å². The van der Waals surface area contributed by atoms with Crippen molar-refractivity contribution < 1.29 is 9.53 Å². The molecule has 1 aliphatic rings. The van der Waals surface area contributed by atoms with Gasteiger partial charge in [-0.15, -0.1) is 0 Å². The molecule has 1 fully saturated rings. The second kappa shape index (κ2) is 5.02. The second-order valence-electron chi connectivity index (χ2n) is 4.53. The first kappa shape index (κ1) is 12.2. The van der Waals surface area contributed by atoms with Crippen LogP contribution in [0.2, 0.25) is 5.02 Å². The van der Waals surface area contributed by atoms with E-state index in [2.05, 4.69) is 4.98 Å². The molecule has 1 aliphatic carbocycles. The maximum atomic E-state index is 12.4. The number of ketones is 1. The molecule has 0 bridgehead atoms. The van der Waals surface area contributed by atoms with Crippen molar-refractivity contribution in [3.8, 4) is 5.75 Å². The van der Waals surface area contributed by atoms with Gasteiger partial charge < -0.3 is 4.74 Å². The number of hydrogen-bond donors (Lipinski definition) is 0. The number of ether oxygens (including phenoxy) is 1. The van der Waals surface area contributed by atoms with Crippen LogP contribution in [-0.2, 0) is 0 Å². The number of aromatic nitrogens is 1. The summed E-state index contributed by atoms with van der Waals surface area (Å²) >= 11 is 5.99. The average molecular weight is 274 g/mol. The number of pyridine rings is 1. The van der Waals surface area contributed by atoms with Gasteiger partial charge in [0, 0.05) is 23.5 Å². The van der Waals surface area contributed by atoms with Crippen LogP contribution in [-0.4, -0.2) is 16.9 Å². The molecule has 0 unspecified atom stereocenters. The summed E-state index contributed by atoms with van der Waals surface area (Å²) in [6.45, 7) is 0. The summed E-state index contributed by atoms with van der Waals surface area (Å²) < 4.78 is 5.68. The Morgan fingerprint density at radius 1 is 1.32 bits per heavy atom. The van der Waals surface area contributed by atoms with Gasteiger partial charge in [0.25, 0.3) is 0 Å². The smallest absolute Gasteiger partial charge is 0.194 e. The monoisotopic (exact) mass is 273 g/mol. The standard InChI is InChI=1S/C15H12ClNO2/c16-14-9-17-7-6-13(14)15(18)10-2-1-3-12(8-10)19-11-4-5-11/h1-3,6-9,11H,4-5H2. The van der Waals surface area contributed by atoms with Gasteiger partial charge in [-0.1, -0.05) is 23.7 Å². The summed E-state index contributed by atoms with van der Waals surface area (Å²) in [7, 11) is 0. The molecule has 0 saturated heterocycles. The van der Waals surface area contributed by atoms with E-state index in [0.29, 0.717) is 22.3 Å². The van der Waals surface area contributed by atoms with E-state index in [-0.39, 0.29) is 5.78 Å². The molecular formula is C15H12ClNO2. The number of carbonyl (C=O) groups is 1. The Balaban J connectivity index is 1.88. The third-order valence-corrected chi connectivity index (χ3v) is 3.24. The quantitative estimate of drug-likeness (QED) is 0.800. The summed E-state index contributed by atoms with van der Waals surface area (Å²) in [4.78, 5) is 16.2. The van der Waals surface area contributed by atoms with Crippen LogP contribution >= 0.6 is 11.6 Å². The number of benzene rings is 1. The maximum Gasteiger partial charge on any atom is 0.194 e. The van der Waals surface area contributed by atoms with Crippen LogP contribution in [0.1, 0.15) is 28.8 Å². The molecule has 0 amide bonds. The van der Waals surface area contributed by atoms with Gasteiger partial charge in [0.1, 0.15) is 5.75 Å².